The lowest BCUT2D eigenvalue weighted by atomic mass is 10.0. The zero-order valence-electron chi connectivity index (χ0n) is 12.4. The van der Waals surface area contributed by atoms with Crippen molar-refractivity contribution >= 4 is 5.69 Å². The fourth-order valence-corrected chi connectivity index (χ4v) is 2.11. The van der Waals surface area contributed by atoms with Crippen molar-refractivity contribution in [2.24, 2.45) is 0 Å². The second-order valence-corrected chi connectivity index (χ2v) is 5.00. The molecule has 20 heavy (non-hydrogen) atoms. The van der Waals surface area contributed by atoms with Crippen molar-refractivity contribution in [3.05, 3.63) is 54.1 Å². The average molecular weight is 270 g/mol. The average Bonchev–Trinajstić information content (AvgIpc) is 2.49. The lowest BCUT2D eigenvalue weighted by molar-refractivity contribution is 0.584. The second-order valence-electron chi connectivity index (χ2n) is 5.00. The maximum Gasteiger partial charge on any atom is 0.0801 e. The van der Waals surface area contributed by atoms with Crippen molar-refractivity contribution in [3.8, 4) is 0 Å². The van der Waals surface area contributed by atoms with Crippen LogP contribution in [0.15, 0.2) is 42.9 Å². The van der Waals surface area contributed by atoms with Gasteiger partial charge >= 0.3 is 0 Å². The van der Waals surface area contributed by atoms with Gasteiger partial charge < -0.3 is 10.2 Å². The highest BCUT2D eigenvalue weighted by Gasteiger charge is 2.14. The minimum atomic E-state index is 0.0971. The largest absolute Gasteiger partial charge is 0.378 e. The molecule has 1 aromatic carbocycles. The van der Waals surface area contributed by atoms with Crippen molar-refractivity contribution < 1.29 is 0 Å². The predicted molar refractivity (Wildman–Crippen MR) is 82.9 cm³/mol. The van der Waals surface area contributed by atoms with Crippen molar-refractivity contribution in [2.75, 3.05) is 25.5 Å². The molecule has 1 atom stereocenters. The van der Waals surface area contributed by atoms with Gasteiger partial charge in [0.2, 0.25) is 0 Å². The summed E-state index contributed by atoms with van der Waals surface area (Å²) >= 11 is 0. The summed E-state index contributed by atoms with van der Waals surface area (Å²) in [6.45, 7) is 3.12. The molecule has 0 amide bonds. The SMILES string of the molecule is CCCNC(c1ccc(N(C)C)cc1)c1cnccn1. The van der Waals surface area contributed by atoms with E-state index in [1.54, 1.807) is 12.4 Å². The summed E-state index contributed by atoms with van der Waals surface area (Å²) in [5, 5.41) is 3.53. The van der Waals surface area contributed by atoms with Crippen LogP contribution in [0.4, 0.5) is 5.69 Å². The van der Waals surface area contributed by atoms with E-state index < -0.39 is 0 Å². The van der Waals surface area contributed by atoms with Gasteiger partial charge in [-0.1, -0.05) is 19.1 Å². The molecule has 106 valence electrons. The molecule has 1 heterocycles. The van der Waals surface area contributed by atoms with Crippen LogP contribution in [0.25, 0.3) is 0 Å². The van der Waals surface area contributed by atoms with Crippen LogP contribution in [0, 0.1) is 0 Å². The Labute approximate surface area is 120 Å². The highest BCUT2D eigenvalue weighted by atomic mass is 15.1. The Morgan fingerprint density at radius 2 is 1.90 bits per heavy atom. The molecule has 2 aromatic rings. The number of nitrogens with one attached hydrogen (secondary N) is 1. The first-order valence-corrected chi connectivity index (χ1v) is 6.99. The van der Waals surface area contributed by atoms with Crippen molar-refractivity contribution in [1.29, 1.82) is 0 Å². The van der Waals surface area contributed by atoms with Crippen LogP contribution in [-0.4, -0.2) is 30.6 Å². The van der Waals surface area contributed by atoms with Gasteiger partial charge in [-0.15, -0.1) is 0 Å². The van der Waals surface area contributed by atoms with E-state index in [1.165, 1.54) is 11.3 Å². The highest BCUT2D eigenvalue weighted by Crippen LogP contribution is 2.22. The van der Waals surface area contributed by atoms with Gasteiger partial charge in [0.05, 0.1) is 17.9 Å². The molecule has 0 radical (unpaired) electrons. The Hall–Kier alpha value is -1.94. The third kappa shape index (κ3) is 3.54. The summed E-state index contributed by atoms with van der Waals surface area (Å²) < 4.78 is 0. The zero-order valence-corrected chi connectivity index (χ0v) is 12.4. The van der Waals surface area contributed by atoms with E-state index in [1.807, 2.05) is 20.3 Å². The predicted octanol–water partition coefficient (Wildman–Crippen LogP) is 2.63. The molecule has 0 aliphatic rings. The Morgan fingerprint density at radius 1 is 1.15 bits per heavy atom. The van der Waals surface area contributed by atoms with Gasteiger partial charge in [0.15, 0.2) is 0 Å². The summed E-state index contributed by atoms with van der Waals surface area (Å²) in [5.41, 5.74) is 3.37. The smallest absolute Gasteiger partial charge is 0.0801 e. The molecular formula is C16H22N4. The molecule has 4 heteroatoms. The van der Waals surface area contributed by atoms with Crippen LogP contribution in [0.2, 0.25) is 0 Å². The topological polar surface area (TPSA) is 41.0 Å². The highest BCUT2D eigenvalue weighted by molar-refractivity contribution is 5.47. The number of hydrogen-bond acceptors (Lipinski definition) is 4. The van der Waals surface area contributed by atoms with E-state index in [0.717, 1.165) is 18.7 Å². The van der Waals surface area contributed by atoms with E-state index in [-0.39, 0.29) is 6.04 Å². The summed E-state index contributed by atoms with van der Waals surface area (Å²) in [5.74, 6) is 0. The van der Waals surface area contributed by atoms with Gasteiger partial charge in [0, 0.05) is 32.2 Å². The van der Waals surface area contributed by atoms with Gasteiger partial charge in [0.25, 0.3) is 0 Å². The van der Waals surface area contributed by atoms with Crippen LogP contribution in [-0.2, 0) is 0 Å². The third-order valence-corrected chi connectivity index (χ3v) is 3.22. The summed E-state index contributed by atoms with van der Waals surface area (Å²) in [6, 6.07) is 8.66. The van der Waals surface area contributed by atoms with E-state index in [4.69, 9.17) is 0 Å². The van der Waals surface area contributed by atoms with E-state index in [0.29, 0.717) is 0 Å². The van der Waals surface area contributed by atoms with Crippen molar-refractivity contribution in [1.82, 2.24) is 15.3 Å². The summed E-state index contributed by atoms with van der Waals surface area (Å²) in [6.07, 6.45) is 6.36. The van der Waals surface area contributed by atoms with Crippen molar-refractivity contribution in [3.63, 3.8) is 0 Å². The second kappa shape index (κ2) is 7.01. The van der Waals surface area contributed by atoms with E-state index in [9.17, 15) is 0 Å². The van der Waals surface area contributed by atoms with Gasteiger partial charge in [-0.3, -0.25) is 9.97 Å². The zero-order chi connectivity index (χ0) is 14.4. The number of nitrogens with zero attached hydrogens (tertiary/aromatic N) is 3. The standard InChI is InChI=1S/C16H22N4/c1-4-9-19-16(15-12-17-10-11-18-15)13-5-7-14(8-6-13)20(2)3/h5-8,10-12,16,19H,4,9H2,1-3H3. The molecule has 0 fully saturated rings. The quantitative estimate of drug-likeness (QED) is 0.876. The maximum atomic E-state index is 4.43. The fraction of sp³-hybridized carbons (Fsp3) is 0.375. The molecule has 1 N–H and O–H groups in total. The molecule has 0 aliphatic carbocycles. The maximum absolute atomic E-state index is 4.43. The van der Waals surface area contributed by atoms with E-state index in [2.05, 4.69) is 51.4 Å². The molecule has 2 rings (SSSR count). The Bertz CT molecular complexity index is 508. The first-order chi connectivity index (χ1) is 9.72. The fourth-order valence-electron chi connectivity index (χ4n) is 2.11. The van der Waals surface area contributed by atoms with Gasteiger partial charge in [-0.2, -0.15) is 0 Å². The number of benzene rings is 1. The van der Waals surface area contributed by atoms with Crippen LogP contribution >= 0.6 is 0 Å². The molecular weight excluding hydrogens is 248 g/mol. The molecule has 4 nitrogen and oxygen atoms in total. The van der Waals surface area contributed by atoms with Crippen molar-refractivity contribution in [2.45, 2.75) is 19.4 Å². The lowest BCUT2D eigenvalue weighted by Crippen LogP contribution is -2.24. The number of hydrogen-bond donors (Lipinski definition) is 1. The number of rotatable bonds is 6. The monoisotopic (exact) mass is 270 g/mol. The molecule has 1 aromatic heterocycles. The molecule has 1 unspecified atom stereocenters. The first-order valence-electron chi connectivity index (χ1n) is 6.99. The summed E-state index contributed by atoms with van der Waals surface area (Å²) in [4.78, 5) is 10.7. The molecule has 0 bridgehead atoms. The first kappa shape index (κ1) is 14.5. The van der Waals surface area contributed by atoms with Crippen LogP contribution < -0.4 is 10.2 Å². The Kier molecular flexibility index (Phi) is 5.07. The molecule has 0 saturated carbocycles. The van der Waals surface area contributed by atoms with Gasteiger partial charge in [-0.25, -0.2) is 0 Å². The van der Waals surface area contributed by atoms with E-state index >= 15 is 0 Å². The molecule has 0 saturated heterocycles. The minimum Gasteiger partial charge on any atom is -0.378 e. The molecule has 0 spiro atoms. The molecule has 0 aliphatic heterocycles. The van der Waals surface area contributed by atoms with Crippen LogP contribution in [0.3, 0.4) is 0 Å². The lowest BCUT2D eigenvalue weighted by Gasteiger charge is -2.19. The number of anilines is 1. The third-order valence-electron chi connectivity index (χ3n) is 3.22. The van der Waals surface area contributed by atoms with Crippen LogP contribution in [0.5, 0.6) is 0 Å². The van der Waals surface area contributed by atoms with Gasteiger partial charge in [0.1, 0.15) is 0 Å². The minimum absolute atomic E-state index is 0.0971. The normalized spacial score (nSPS) is 12.2. The number of aromatic nitrogens is 2. The summed E-state index contributed by atoms with van der Waals surface area (Å²) in [7, 11) is 4.09. The Morgan fingerprint density at radius 3 is 2.45 bits per heavy atom. The van der Waals surface area contributed by atoms with Gasteiger partial charge in [-0.05, 0) is 30.7 Å². The van der Waals surface area contributed by atoms with Crippen LogP contribution in [0.1, 0.15) is 30.6 Å². The Balaban J connectivity index is 2.26.